The number of carbonyl (C=O) groups is 2. The van der Waals surface area contributed by atoms with E-state index in [-0.39, 0.29) is 25.6 Å². The topological polar surface area (TPSA) is 108 Å². The summed E-state index contributed by atoms with van der Waals surface area (Å²) in [5, 5.41) is 0. The molecule has 0 fully saturated rings. The summed E-state index contributed by atoms with van der Waals surface area (Å²) in [7, 11) is 1.50. The highest BCUT2D eigenvalue weighted by atomic mass is 31.2. The van der Waals surface area contributed by atoms with Crippen LogP contribution in [-0.4, -0.2) is 74.9 Å². The number of ether oxygens (including phenoxy) is 2. The average Bonchev–Trinajstić information content (AvgIpc) is 3.17. The Labute approximate surface area is 359 Å². The van der Waals surface area contributed by atoms with Crippen molar-refractivity contribution in [2.75, 3.05) is 47.5 Å². The maximum Gasteiger partial charge on any atom is 0.472 e. The monoisotopic (exact) mass is 847 g/mol. The molecule has 0 radical (unpaired) electrons. The molecule has 0 aromatic rings. The molecule has 0 spiro atoms. The van der Waals surface area contributed by atoms with Crippen molar-refractivity contribution in [2.45, 2.75) is 251 Å². The first-order valence-electron chi connectivity index (χ1n) is 24.8. The lowest BCUT2D eigenvalue weighted by atomic mass is 10.0. The van der Waals surface area contributed by atoms with Crippen LogP contribution in [0, 0.1) is 0 Å². The summed E-state index contributed by atoms with van der Waals surface area (Å²) in [5.74, 6) is -0.782. The largest absolute Gasteiger partial charge is 0.472 e. The van der Waals surface area contributed by atoms with Gasteiger partial charge in [-0.05, 0) is 12.8 Å². The maximum atomic E-state index is 12.7. The second-order valence-corrected chi connectivity index (χ2v) is 19.7. The molecule has 0 heterocycles. The van der Waals surface area contributed by atoms with Crippen LogP contribution in [0.15, 0.2) is 0 Å². The molecule has 2 atom stereocenters. The van der Waals surface area contributed by atoms with Crippen LogP contribution in [0.5, 0.6) is 0 Å². The molecule has 0 aromatic heterocycles. The Hall–Kier alpha value is -0.990. The molecule has 0 bridgehead atoms. The van der Waals surface area contributed by atoms with Crippen molar-refractivity contribution in [1.82, 2.24) is 0 Å². The molecule has 1 N–H and O–H groups in total. The molecule has 0 aromatic carbocycles. The molecule has 346 valence electrons. The average molecular weight is 847 g/mol. The third-order valence-electron chi connectivity index (χ3n) is 11.1. The lowest BCUT2D eigenvalue weighted by Gasteiger charge is -2.24. The molecular weight excluding hydrogens is 750 g/mol. The molecule has 0 rings (SSSR count). The minimum atomic E-state index is -4.37. The standard InChI is InChI=1S/C48H96NO8P/c1-6-8-10-12-14-16-18-19-20-21-22-23-24-25-26-27-28-29-31-33-35-37-39-41-48(51)57-46(45-56-58(52,53)55-43-42-49(3,4)5)44-54-47(50)40-38-36-34-32-30-17-15-13-11-9-7-2/h46H,6-45H2,1-5H3/p+1/t46-/m1/s1. The summed E-state index contributed by atoms with van der Waals surface area (Å²) in [6.07, 6.45) is 43.0. The van der Waals surface area contributed by atoms with E-state index in [0.29, 0.717) is 17.4 Å². The van der Waals surface area contributed by atoms with E-state index in [2.05, 4.69) is 13.8 Å². The zero-order chi connectivity index (χ0) is 42.8. The number of unbranched alkanes of at least 4 members (excludes halogenated alkanes) is 32. The summed E-state index contributed by atoms with van der Waals surface area (Å²) < 4.78 is 34.4. The molecular formula is C48H97NO8P+. The van der Waals surface area contributed by atoms with Crippen LogP contribution in [0.4, 0.5) is 0 Å². The lowest BCUT2D eigenvalue weighted by Crippen LogP contribution is -2.37. The Morgan fingerprint density at radius 2 is 0.776 bits per heavy atom. The molecule has 0 saturated heterocycles. The van der Waals surface area contributed by atoms with E-state index in [1.54, 1.807) is 0 Å². The highest BCUT2D eigenvalue weighted by Crippen LogP contribution is 2.43. The molecule has 0 amide bonds. The van der Waals surface area contributed by atoms with Gasteiger partial charge in [-0.15, -0.1) is 0 Å². The highest BCUT2D eigenvalue weighted by molar-refractivity contribution is 7.47. The lowest BCUT2D eigenvalue weighted by molar-refractivity contribution is -0.870. The van der Waals surface area contributed by atoms with Gasteiger partial charge in [-0.2, -0.15) is 0 Å². The SMILES string of the molecule is CCCCCCCCCCCCCCCCCCCCCCCCCC(=O)O[C@H](COC(=O)CCCCCCCCCCCCC)COP(=O)(O)OCC[N+](C)(C)C. The van der Waals surface area contributed by atoms with Crippen molar-refractivity contribution < 1.29 is 42.1 Å². The fraction of sp³-hybridized carbons (Fsp3) is 0.958. The van der Waals surface area contributed by atoms with Crippen molar-refractivity contribution in [3.8, 4) is 0 Å². The predicted octanol–water partition coefficient (Wildman–Crippen LogP) is 14.4. The number of likely N-dealkylation sites (N-methyl/N-ethyl adjacent to an activating group) is 1. The number of hydrogen-bond acceptors (Lipinski definition) is 7. The van der Waals surface area contributed by atoms with Crippen molar-refractivity contribution in [2.24, 2.45) is 0 Å². The van der Waals surface area contributed by atoms with E-state index in [9.17, 15) is 19.0 Å². The Morgan fingerprint density at radius 1 is 0.466 bits per heavy atom. The second-order valence-electron chi connectivity index (χ2n) is 18.2. The van der Waals surface area contributed by atoms with Gasteiger partial charge < -0.3 is 18.9 Å². The molecule has 0 aliphatic rings. The number of phosphoric ester groups is 1. The summed E-state index contributed by atoms with van der Waals surface area (Å²) in [4.78, 5) is 35.4. The molecule has 9 nitrogen and oxygen atoms in total. The van der Waals surface area contributed by atoms with Crippen molar-refractivity contribution in [1.29, 1.82) is 0 Å². The van der Waals surface area contributed by atoms with E-state index < -0.39 is 26.5 Å². The van der Waals surface area contributed by atoms with E-state index >= 15 is 0 Å². The van der Waals surface area contributed by atoms with E-state index in [1.807, 2.05) is 21.1 Å². The van der Waals surface area contributed by atoms with Crippen LogP contribution in [0.3, 0.4) is 0 Å². The number of rotatable bonds is 46. The van der Waals surface area contributed by atoms with Crippen LogP contribution in [-0.2, 0) is 32.7 Å². The number of esters is 2. The third kappa shape index (κ3) is 44.6. The summed E-state index contributed by atoms with van der Waals surface area (Å²) in [5.41, 5.74) is 0. The van der Waals surface area contributed by atoms with Gasteiger partial charge in [-0.25, -0.2) is 4.57 Å². The van der Waals surface area contributed by atoms with Crippen LogP contribution in [0.1, 0.15) is 245 Å². The Bertz CT molecular complexity index is 958. The molecule has 58 heavy (non-hydrogen) atoms. The van der Waals surface area contributed by atoms with Crippen molar-refractivity contribution >= 4 is 19.8 Å². The number of quaternary nitrogens is 1. The van der Waals surface area contributed by atoms with E-state index in [1.165, 1.54) is 180 Å². The van der Waals surface area contributed by atoms with E-state index in [4.69, 9.17) is 18.5 Å². The number of phosphoric acid groups is 1. The van der Waals surface area contributed by atoms with Gasteiger partial charge in [0.1, 0.15) is 19.8 Å². The molecule has 0 aliphatic heterocycles. The molecule has 1 unspecified atom stereocenters. The molecule has 0 saturated carbocycles. The van der Waals surface area contributed by atoms with Gasteiger partial charge in [-0.3, -0.25) is 18.6 Å². The van der Waals surface area contributed by atoms with Crippen molar-refractivity contribution in [3.05, 3.63) is 0 Å². The summed E-state index contributed by atoms with van der Waals surface area (Å²) in [6, 6.07) is 0. The number of hydrogen-bond donors (Lipinski definition) is 1. The normalized spacial score (nSPS) is 13.4. The van der Waals surface area contributed by atoms with Gasteiger partial charge in [-0.1, -0.05) is 219 Å². The Balaban J connectivity index is 4.14. The minimum absolute atomic E-state index is 0.0369. The van der Waals surface area contributed by atoms with Gasteiger partial charge in [0.05, 0.1) is 27.7 Å². The van der Waals surface area contributed by atoms with E-state index in [0.717, 1.165) is 38.5 Å². The predicted molar refractivity (Wildman–Crippen MR) is 243 cm³/mol. The smallest absolute Gasteiger partial charge is 0.462 e. The van der Waals surface area contributed by atoms with Crippen LogP contribution in [0.25, 0.3) is 0 Å². The molecule has 10 heteroatoms. The van der Waals surface area contributed by atoms with Crippen LogP contribution >= 0.6 is 7.82 Å². The highest BCUT2D eigenvalue weighted by Gasteiger charge is 2.27. The summed E-state index contributed by atoms with van der Waals surface area (Å²) >= 11 is 0. The first kappa shape index (κ1) is 57.0. The van der Waals surface area contributed by atoms with Gasteiger partial charge >= 0.3 is 19.8 Å². The van der Waals surface area contributed by atoms with Gasteiger partial charge in [0.25, 0.3) is 0 Å². The molecule has 0 aliphatic carbocycles. The van der Waals surface area contributed by atoms with Gasteiger partial charge in [0.15, 0.2) is 6.10 Å². The quantitative estimate of drug-likeness (QED) is 0.0279. The van der Waals surface area contributed by atoms with Gasteiger partial charge in [0, 0.05) is 12.8 Å². The third-order valence-corrected chi connectivity index (χ3v) is 12.1. The maximum absolute atomic E-state index is 12.7. The zero-order valence-corrected chi connectivity index (χ0v) is 40.0. The zero-order valence-electron chi connectivity index (χ0n) is 39.1. The second kappa shape index (κ2) is 41.4. The van der Waals surface area contributed by atoms with Crippen molar-refractivity contribution in [3.63, 3.8) is 0 Å². The minimum Gasteiger partial charge on any atom is -0.462 e. The van der Waals surface area contributed by atoms with Crippen LogP contribution < -0.4 is 0 Å². The fourth-order valence-corrected chi connectivity index (χ4v) is 7.99. The van der Waals surface area contributed by atoms with Crippen LogP contribution in [0.2, 0.25) is 0 Å². The number of carbonyl (C=O) groups excluding carboxylic acids is 2. The Kier molecular flexibility index (Phi) is 40.7. The first-order valence-corrected chi connectivity index (χ1v) is 26.3. The summed E-state index contributed by atoms with van der Waals surface area (Å²) in [6.45, 7) is 4.46. The fourth-order valence-electron chi connectivity index (χ4n) is 7.25. The number of nitrogens with zero attached hydrogens (tertiary/aromatic N) is 1. The van der Waals surface area contributed by atoms with Gasteiger partial charge in [0.2, 0.25) is 0 Å². The first-order chi connectivity index (χ1) is 28.0. The Morgan fingerprint density at radius 3 is 1.10 bits per heavy atom.